The molecule has 26 heavy (non-hydrogen) atoms. The Morgan fingerprint density at radius 1 is 1.12 bits per heavy atom. The molecule has 1 aliphatic carbocycles. The molecule has 0 spiro atoms. The molecule has 4 rings (SSSR count). The van der Waals surface area contributed by atoms with Gasteiger partial charge in [-0.1, -0.05) is 29.3 Å². The minimum absolute atomic E-state index is 0.826. The van der Waals surface area contributed by atoms with Gasteiger partial charge in [-0.2, -0.15) is 0 Å². The van der Waals surface area contributed by atoms with Crippen molar-refractivity contribution in [2.24, 2.45) is 0 Å². The highest BCUT2D eigenvalue weighted by Gasteiger charge is 2.23. The smallest absolute Gasteiger partial charge is 0.300 e. The first-order valence-corrected chi connectivity index (χ1v) is 9.29. The van der Waals surface area contributed by atoms with Crippen molar-refractivity contribution in [2.45, 2.75) is 32.6 Å². The number of fused-ring (bicyclic) bond motifs is 2. The average Bonchev–Trinajstić information content (AvgIpc) is 2.78. The van der Waals surface area contributed by atoms with Crippen LogP contribution in [0.4, 0.5) is 0 Å². The molecule has 1 aromatic heterocycles. The van der Waals surface area contributed by atoms with Gasteiger partial charge in [0.25, 0.3) is 5.97 Å². The number of piperidine rings is 1. The number of hydrogen-bond acceptors (Lipinski definition) is 3. The maximum Gasteiger partial charge on any atom is 0.300 e. The summed E-state index contributed by atoms with van der Waals surface area (Å²) in [6, 6.07) is 10.6. The molecule has 0 unspecified atom stereocenters. The van der Waals surface area contributed by atoms with Crippen LogP contribution in [0.2, 0.25) is 5.02 Å². The normalized spacial score (nSPS) is 15.9. The van der Waals surface area contributed by atoms with E-state index in [0.717, 1.165) is 50.7 Å². The Kier molecular flexibility index (Phi) is 6.07. The lowest BCUT2D eigenvalue weighted by Gasteiger charge is -2.21. The van der Waals surface area contributed by atoms with Gasteiger partial charge in [0.1, 0.15) is 0 Å². The number of pyridine rings is 1. The first-order valence-electron chi connectivity index (χ1n) is 8.91. The highest BCUT2D eigenvalue weighted by atomic mass is 35.5. The number of carboxylic acid groups (broad SMARTS) is 1. The summed E-state index contributed by atoms with van der Waals surface area (Å²) in [6.07, 6.45) is 6.19. The topological polar surface area (TPSA) is 62.2 Å². The minimum Gasteiger partial charge on any atom is -0.481 e. The quantitative estimate of drug-likeness (QED) is 0.732. The Morgan fingerprint density at radius 2 is 1.81 bits per heavy atom. The van der Waals surface area contributed by atoms with Crippen molar-refractivity contribution in [1.29, 1.82) is 0 Å². The van der Waals surface area contributed by atoms with Gasteiger partial charge in [0.2, 0.25) is 0 Å². The number of aliphatic carboxylic acids is 1. The van der Waals surface area contributed by atoms with E-state index in [2.05, 4.69) is 23.5 Å². The number of halogens is 1. The molecule has 4 nitrogen and oxygen atoms in total. The summed E-state index contributed by atoms with van der Waals surface area (Å²) in [7, 11) is 0. The van der Waals surface area contributed by atoms with Crippen LogP contribution >= 0.6 is 11.6 Å². The van der Waals surface area contributed by atoms with Crippen LogP contribution in [0.25, 0.3) is 5.57 Å². The molecule has 2 aromatic rings. The predicted octanol–water partition coefficient (Wildman–Crippen LogP) is 4.11. The first kappa shape index (κ1) is 18.6. The fraction of sp³-hybridized carbons (Fsp3) is 0.333. The lowest BCUT2D eigenvalue weighted by molar-refractivity contribution is -0.134. The zero-order chi connectivity index (χ0) is 18.5. The Balaban J connectivity index is 0.000000447. The molecule has 1 fully saturated rings. The van der Waals surface area contributed by atoms with Crippen molar-refractivity contribution in [3.8, 4) is 0 Å². The predicted molar refractivity (Wildman–Crippen MR) is 105 cm³/mol. The number of rotatable bonds is 0. The van der Waals surface area contributed by atoms with E-state index in [1.165, 1.54) is 33.5 Å². The van der Waals surface area contributed by atoms with E-state index >= 15 is 0 Å². The molecule has 136 valence electrons. The minimum atomic E-state index is -0.833. The van der Waals surface area contributed by atoms with Crippen LogP contribution in [0.5, 0.6) is 0 Å². The lowest BCUT2D eigenvalue weighted by Crippen LogP contribution is -2.24. The average molecular weight is 371 g/mol. The maximum absolute atomic E-state index is 9.00. The first-order chi connectivity index (χ1) is 12.6. The molecule has 2 N–H and O–H groups in total. The van der Waals surface area contributed by atoms with Gasteiger partial charge < -0.3 is 10.4 Å². The van der Waals surface area contributed by atoms with Crippen molar-refractivity contribution in [1.82, 2.24) is 10.3 Å². The third-order valence-electron chi connectivity index (χ3n) is 4.69. The number of aryl methyl sites for hydroxylation is 2. The highest BCUT2D eigenvalue weighted by Crippen LogP contribution is 2.37. The van der Waals surface area contributed by atoms with Crippen LogP contribution in [-0.2, 0) is 17.6 Å². The molecule has 1 saturated heterocycles. The second kappa shape index (κ2) is 8.47. The van der Waals surface area contributed by atoms with Crippen LogP contribution in [0, 0.1) is 0 Å². The molecule has 0 saturated carbocycles. The molecule has 1 aromatic carbocycles. The van der Waals surface area contributed by atoms with Crippen molar-refractivity contribution >= 4 is 23.1 Å². The van der Waals surface area contributed by atoms with Gasteiger partial charge in [0.05, 0.1) is 5.69 Å². The standard InChI is InChI=1S/C19H19ClN2.C2H4O2/c20-16-5-6-17-15(12-16)4-3-14-2-1-9-22-19(14)18(17)13-7-10-21-11-8-13;1-2(3)4/h1-2,5-6,9,12,21H,3-4,7-8,10-11H2;1H3,(H,3,4). The molecule has 5 heteroatoms. The second-order valence-corrected chi connectivity index (χ2v) is 7.00. The largest absolute Gasteiger partial charge is 0.481 e. The van der Waals surface area contributed by atoms with Crippen LogP contribution in [0.3, 0.4) is 0 Å². The maximum atomic E-state index is 9.00. The van der Waals surface area contributed by atoms with E-state index in [9.17, 15) is 0 Å². The molecule has 0 amide bonds. The molecule has 0 bridgehead atoms. The summed E-state index contributed by atoms with van der Waals surface area (Å²) in [6.45, 7) is 3.20. The Morgan fingerprint density at radius 3 is 2.54 bits per heavy atom. The van der Waals surface area contributed by atoms with Gasteiger partial charge in [0, 0.05) is 23.7 Å². The van der Waals surface area contributed by atoms with Crippen LogP contribution in [0.1, 0.15) is 42.1 Å². The molecule has 2 aliphatic rings. The van der Waals surface area contributed by atoms with Gasteiger partial charge >= 0.3 is 0 Å². The summed E-state index contributed by atoms with van der Waals surface area (Å²) >= 11 is 6.23. The Labute approximate surface area is 158 Å². The van der Waals surface area contributed by atoms with Crippen molar-refractivity contribution in [3.05, 3.63) is 69.5 Å². The van der Waals surface area contributed by atoms with E-state index in [1.54, 1.807) is 0 Å². The third kappa shape index (κ3) is 4.32. The molecule has 1 aliphatic heterocycles. The van der Waals surface area contributed by atoms with Crippen LogP contribution in [0.15, 0.2) is 42.1 Å². The van der Waals surface area contributed by atoms with Crippen LogP contribution in [-0.4, -0.2) is 29.1 Å². The monoisotopic (exact) mass is 370 g/mol. The molecule has 2 heterocycles. The summed E-state index contributed by atoms with van der Waals surface area (Å²) in [5.41, 5.74) is 8.12. The van der Waals surface area contributed by atoms with E-state index in [4.69, 9.17) is 26.5 Å². The zero-order valence-electron chi connectivity index (χ0n) is 14.9. The Bertz CT molecular complexity index is 834. The highest BCUT2D eigenvalue weighted by molar-refractivity contribution is 6.30. The number of carbonyl (C=O) groups is 1. The summed E-state index contributed by atoms with van der Waals surface area (Å²) in [5, 5.41) is 11.7. The molecular formula is C21H23ClN2O2. The van der Waals surface area contributed by atoms with Crippen molar-refractivity contribution in [3.63, 3.8) is 0 Å². The molecular weight excluding hydrogens is 348 g/mol. The number of carboxylic acids is 1. The number of hydrogen-bond donors (Lipinski definition) is 2. The van der Waals surface area contributed by atoms with Crippen molar-refractivity contribution in [2.75, 3.05) is 13.1 Å². The van der Waals surface area contributed by atoms with E-state index in [0.29, 0.717) is 0 Å². The summed E-state index contributed by atoms with van der Waals surface area (Å²) in [5.74, 6) is -0.833. The molecule has 0 atom stereocenters. The van der Waals surface area contributed by atoms with Gasteiger partial charge in [-0.25, -0.2) is 0 Å². The number of benzene rings is 1. The Hall–Kier alpha value is -2.17. The van der Waals surface area contributed by atoms with Gasteiger partial charge in [-0.15, -0.1) is 0 Å². The summed E-state index contributed by atoms with van der Waals surface area (Å²) in [4.78, 5) is 13.7. The second-order valence-electron chi connectivity index (χ2n) is 6.56. The molecule has 0 radical (unpaired) electrons. The van der Waals surface area contributed by atoms with E-state index in [-0.39, 0.29) is 0 Å². The zero-order valence-corrected chi connectivity index (χ0v) is 15.6. The van der Waals surface area contributed by atoms with E-state index in [1.807, 2.05) is 18.3 Å². The van der Waals surface area contributed by atoms with Gasteiger partial charge in [-0.3, -0.25) is 9.78 Å². The van der Waals surface area contributed by atoms with E-state index < -0.39 is 5.97 Å². The number of nitrogens with zero attached hydrogens (tertiary/aromatic N) is 1. The number of nitrogens with one attached hydrogen (secondary N) is 1. The fourth-order valence-electron chi connectivity index (χ4n) is 3.61. The lowest BCUT2D eigenvalue weighted by atomic mass is 9.89. The number of aromatic nitrogens is 1. The van der Waals surface area contributed by atoms with Crippen LogP contribution < -0.4 is 5.32 Å². The van der Waals surface area contributed by atoms with Crippen molar-refractivity contribution < 1.29 is 9.90 Å². The SMILES string of the molecule is CC(=O)O.Clc1ccc2c(c1)CCc1cccnc1C2=C1CCNCC1. The fourth-order valence-corrected chi connectivity index (χ4v) is 3.81. The van der Waals surface area contributed by atoms with Gasteiger partial charge in [0.15, 0.2) is 0 Å². The third-order valence-corrected chi connectivity index (χ3v) is 4.92. The summed E-state index contributed by atoms with van der Waals surface area (Å²) < 4.78 is 0. The van der Waals surface area contributed by atoms with Gasteiger partial charge in [-0.05, 0) is 73.7 Å².